The van der Waals surface area contributed by atoms with Crippen LogP contribution in [0, 0.1) is 6.92 Å². The minimum atomic E-state index is -0.355. The Morgan fingerprint density at radius 3 is 2.35 bits per heavy atom. The molecule has 0 aliphatic heterocycles. The van der Waals surface area contributed by atoms with Gasteiger partial charge < -0.3 is 14.9 Å². The van der Waals surface area contributed by atoms with Crippen LogP contribution >= 0.6 is 0 Å². The molecule has 0 heterocycles. The van der Waals surface area contributed by atoms with Gasteiger partial charge in [-0.15, -0.1) is 0 Å². The Balaban J connectivity index is 2.82. The van der Waals surface area contributed by atoms with Crippen molar-refractivity contribution in [2.24, 2.45) is 0 Å². The SMILES string of the molecule is CCN(CC)C(=O)CN(C)C(=O)c1cccc(C)c1O. The highest BCUT2D eigenvalue weighted by Gasteiger charge is 2.20. The van der Waals surface area contributed by atoms with Gasteiger partial charge >= 0.3 is 0 Å². The van der Waals surface area contributed by atoms with Crippen LogP contribution in [0.3, 0.4) is 0 Å². The van der Waals surface area contributed by atoms with E-state index in [-0.39, 0.29) is 29.7 Å². The zero-order valence-corrected chi connectivity index (χ0v) is 12.5. The fraction of sp³-hybridized carbons (Fsp3) is 0.467. The molecule has 0 bridgehead atoms. The molecule has 0 spiro atoms. The molecule has 0 unspecified atom stereocenters. The number of amides is 2. The van der Waals surface area contributed by atoms with Crippen molar-refractivity contribution in [3.63, 3.8) is 0 Å². The van der Waals surface area contributed by atoms with Gasteiger partial charge in [-0.3, -0.25) is 9.59 Å². The van der Waals surface area contributed by atoms with Crippen molar-refractivity contribution in [3.05, 3.63) is 29.3 Å². The summed E-state index contributed by atoms with van der Waals surface area (Å²) in [6, 6.07) is 5.00. The zero-order valence-electron chi connectivity index (χ0n) is 12.5. The van der Waals surface area contributed by atoms with Crippen molar-refractivity contribution in [3.8, 4) is 5.75 Å². The molecule has 0 fully saturated rings. The first-order valence-electron chi connectivity index (χ1n) is 6.74. The molecular formula is C15H22N2O3. The minimum Gasteiger partial charge on any atom is -0.507 e. The number of benzene rings is 1. The smallest absolute Gasteiger partial charge is 0.257 e. The molecule has 1 rings (SSSR count). The zero-order chi connectivity index (χ0) is 15.3. The average molecular weight is 278 g/mol. The molecule has 1 N–H and O–H groups in total. The second-order valence-electron chi connectivity index (χ2n) is 4.70. The largest absolute Gasteiger partial charge is 0.507 e. The minimum absolute atomic E-state index is 0.00783. The maximum absolute atomic E-state index is 12.2. The summed E-state index contributed by atoms with van der Waals surface area (Å²) in [7, 11) is 1.56. The van der Waals surface area contributed by atoms with E-state index < -0.39 is 0 Å². The molecule has 0 aromatic heterocycles. The number of rotatable bonds is 5. The van der Waals surface area contributed by atoms with Crippen molar-refractivity contribution in [1.82, 2.24) is 9.80 Å². The molecule has 0 aliphatic rings. The van der Waals surface area contributed by atoms with Crippen LogP contribution in [0.4, 0.5) is 0 Å². The summed E-state index contributed by atoms with van der Waals surface area (Å²) in [6.07, 6.45) is 0. The first kappa shape index (κ1) is 16.0. The summed E-state index contributed by atoms with van der Waals surface area (Å²) in [5, 5.41) is 9.91. The number of carbonyl (C=O) groups is 2. The highest BCUT2D eigenvalue weighted by atomic mass is 16.3. The van der Waals surface area contributed by atoms with Gasteiger partial charge in [-0.05, 0) is 32.4 Å². The molecule has 0 saturated carbocycles. The van der Waals surface area contributed by atoms with Gasteiger partial charge in [-0.1, -0.05) is 12.1 Å². The Labute approximate surface area is 119 Å². The van der Waals surface area contributed by atoms with Crippen molar-refractivity contribution in [2.75, 3.05) is 26.7 Å². The summed E-state index contributed by atoms with van der Waals surface area (Å²) in [4.78, 5) is 27.2. The van der Waals surface area contributed by atoms with Crippen LogP contribution in [0.5, 0.6) is 5.75 Å². The van der Waals surface area contributed by atoms with Gasteiger partial charge in [0.05, 0.1) is 12.1 Å². The third kappa shape index (κ3) is 3.50. The van der Waals surface area contributed by atoms with Crippen molar-refractivity contribution < 1.29 is 14.7 Å². The first-order valence-corrected chi connectivity index (χ1v) is 6.74. The van der Waals surface area contributed by atoms with Gasteiger partial charge in [-0.2, -0.15) is 0 Å². The maximum Gasteiger partial charge on any atom is 0.257 e. The van der Waals surface area contributed by atoms with E-state index in [1.165, 1.54) is 4.90 Å². The molecule has 110 valence electrons. The molecule has 0 aliphatic carbocycles. The van der Waals surface area contributed by atoms with E-state index in [4.69, 9.17) is 0 Å². The van der Waals surface area contributed by atoms with Gasteiger partial charge in [-0.25, -0.2) is 0 Å². The molecule has 0 radical (unpaired) electrons. The van der Waals surface area contributed by atoms with Crippen LogP contribution in [-0.4, -0.2) is 53.4 Å². The van der Waals surface area contributed by atoms with Gasteiger partial charge in [0.1, 0.15) is 5.75 Å². The van der Waals surface area contributed by atoms with E-state index >= 15 is 0 Å². The lowest BCUT2D eigenvalue weighted by molar-refractivity contribution is -0.131. The second-order valence-corrected chi connectivity index (χ2v) is 4.70. The van der Waals surface area contributed by atoms with Crippen LogP contribution in [0.2, 0.25) is 0 Å². The number of hydrogen-bond donors (Lipinski definition) is 1. The molecule has 2 amide bonds. The standard InChI is InChI=1S/C15H22N2O3/c1-5-17(6-2)13(18)10-16(4)15(20)12-9-7-8-11(3)14(12)19/h7-9,19H,5-6,10H2,1-4H3. The summed E-state index contributed by atoms with van der Waals surface area (Å²) in [5.41, 5.74) is 0.860. The lowest BCUT2D eigenvalue weighted by atomic mass is 10.1. The Morgan fingerprint density at radius 1 is 1.20 bits per heavy atom. The van der Waals surface area contributed by atoms with Crippen LogP contribution in [0.1, 0.15) is 29.8 Å². The number of phenolic OH excluding ortho intramolecular Hbond substituents is 1. The fourth-order valence-electron chi connectivity index (χ4n) is 1.99. The monoisotopic (exact) mass is 278 g/mol. The third-order valence-electron chi connectivity index (χ3n) is 3.30. The predicted molar refractivity (Wildman–Crippen MR) is 77.7 cm³/mol. The highest BCUT2D eigenvalue weighted by molar-refractivity contribution is 5.98. The fourth-order valence-corrected chi connectivity index (χ4v) is 1.99. The van der Waals surface area contributed by atoms with Crippen molar-refractivity contribution in [1.29, 1.82) is 0 Å². The number of para-hydroxylation sites is 1. The Kier molecular flexibility index (Phi) is 5.55. The number of phenols is 1. The summed E-state index contributed by atoms with van der Waals surface area (Å²) in [5.74, 6) is -0.482. The topological polar surface area (TPSA) is 60.9 Å². The Bertz CT molecular complexity index is 496. The van der Waals surface area contributed by atoms with E-state index in [2.05, 4.69) is 0 Å². The molecule has 1 aromatic carbocycles. The first-order chi connectivity index (χ1) is 9.42. The van der Waals surface area contributed by atoms with Gasteiger partial charge in [0.15, 0.2) is 0 Å². The molecule has 20 heavy (non-hydrogen) atoms. The lowest BCUT2D eigenvalue weighted by Crippen LogP contribution is -2.41. The average Bonchev–Trinajstić information content (AvgIpc) is 2.42. The number of aromatic hydroxyl groups is 1. The maximum atomic E-state index is 12.2. The van der Waals surface area contributed by atoms with Gasteiger partial charge in [0, 0.05) is 20.1 Å². The molecular weight excluding hydrogens is 256 g/mol. The molecule has 5 nitrogen and oxygen atoms in total. The number of likely N-dealkylation sites (N-methyl/N-ethyl adjacent to an activating group) is 2. The molecule has 5 heteroatoms. The number of aryl methyl sites for hydroxylation is 1. The summed E-state index contributed by atoms with van der Waals surface area (Å²) >= 11 is 0. The van der Waals surface area contributed by atoms with Crippen molar-refractivity contribution >= 4 is 11.8 Å². The third-order valence-corrected chi connectivity index (χ3v) is 3.30. The summed E-state index contributed by atoms with van der Waals surface area (Å²) < 4.78 is 0. The predicted octanol–water partition coefficient (Wildman–Crippen LogP) is 1.64. The van der Waals surface area contributed by atoms with Gasteiger partial charge in [0.25, 0.3) is 5.91 Å². The number of nitrogens with zero attached hydrogens (tertiary/aromatic N) is 2. The van der Waals surface area contributed by atoms with E-state index in [9.17, 15) is 14.7 Å². The van der Waals surface area contributed by atoms with Crippen molar-refractivity contribution in [2.45, 2.75) is 20.8 Å². The quantitative estimate of drug-likeness (QED) is 0.890. The Hall–Kier alpha value is -2.04. The molecule has 1 aromatic rings. The molecule has 0 atom stereocenters. The summed E-state index contributed by atoms with van der Waals surface area (Å²) in [6.45, 7) is 6.77. The van der Waals surface area contributed by atoms with E-state index in [1.807, 2.05) is 13.8 Å². The van der Waals surface area contributed by atoms with E-state index in [1.54, 1.807) is 37.1 Å². The normalized spacial score (nSPS) is 10.2. The van der Waals surface area contributed by atoms with Crippen LogP contribution in [0.15, 0.2) is 18.2 Å². The highest BCUT2D eigenvalue weighted by Crippen LogP contribution is 2.22. The number of carbonyl (C=O) groups excluding carboxylic acids is 2. The second kappa shape index (κ2) is 6.93. The van der Waals surface area contributed by atoms with E-state index in [0.717, 1.165) is 0 Å². The van der Waals surface area contributed by atoms with Crippen LogP contribution in [-0.2, 0) is 4.79 Å². The van der Waals surface area contributed by atoms with E-state index in [0.29, 0.717) is 18.7 Å². The van der Waals surface area contributed by atoms with Crippen LogP contribution in [0.25, 0.3) is 0 Å². The van der Waals surface area contributed by atoms with Crippen LogP contribution < -0.4 is 0 Å². The lowest BCUT2D eigenvalue weighted by Gasteiger charge is -2.23. The van der Waals surface area contributed by atoms with Gasteiger partial charge in [0.2, 0.25) is 5.91 Å². The Morgan fingerprint density at radius 2 is 1.80 bits per heavy atom. The number of hydrogen-bond acceptors (Lipinski definition) is 3. The molecule has 0 saturated heterocycles.